The zero-order valence-electron chi connectivity index (χ0n) is 9.66. The smallest absolute Gasteiger partial charge is 0.134 e. The fraction of sp³-hybridized carbons (Fsp3) is 0.500. The molecule has 2 N–H and O–H groups in total. The van der Waals surface area contributed by atoms with Crippen molar-refractivity contribution in [3.63, 3.8) is 0 Å². The molecule has 0 fully saturated rings. The topological polar surface area (TPSA) is 32.3 Å². The Balaban J connectivity index is 2.34. The summed E-state index contributed by atoms with van der Waals surface area (Å²) in [5.74, 6) is 1.98. The Hall–Kier alpha value is -0.380. The second-order valence-corrected chi connectivity index (χ2v) is 5.30. The number of hydrogen-bond donors (Lipinski definition) is 2. The first kappa shape index (κ1) is 13.7. The minimum Gasteiger partial charge on any atom is -0.506 e. The molecule has 1 unspecified atom stereocenters. The van der Waals surface area contributed by atoms with E-state index in [1.807, 2.05) is 17.8 Å². The molecule has 2 nitrogen and oxygen atoms in total. The van der Waals surface area contributed by atoms with Crippen LogP contribution in [-0.4, -0.2) is 23.7 Å². The molecule has 0 aliphatic heterocycles. The lowest BCUT2D eigenvalue weighted by Gasteiger charge is -2.11. The molecule has 4 heteroatoms. The largest absolute Gasteiger partial charge is 0.506 e. The molecule has 0 saturated carbocycles. The monoisotopic (exact) mass is 259 g/mol. The van der Waals surface area contributed by atoms with Crippen LogP contribution in [0.4, 0.5) is 0 Å². The van der Waals surface area contributed by atoms with Gasteiger partial charge in [0.2, 0.25) is 0 Å². The van der Waals surface area contributed by atoms with Crippen LogP contribution >= 0.6 is 23.4 Å². The number of aromatic hydroxyl groups is 1. The normalized spacial score (nSPS) is 12.7. The molecule has 1 atom stereocenters. The standard InChI is InChI=1S/C12H18ClNOS/c1-9(8-16-2)6-14-7-10-3-4-12(15)11(13)5-10/h3-5,9,14-15H,6-8H2,1-2H3. The summed E-state index contributed by atoms with van der Waals surface area (Å²) in [5, 5.41) is 13.1. The summed E-state index contributed by atoms with van der Waals surface area (Å²) in [7, 11) is 0. The van der Waals surface area contributed by atoms with Gasteiger partial charge in [-0.25, -0.2) is 0 Å². The van der Waals surface area contributed by atoms with Gasteiger partial charge < -0.3 is 10.4 Å². The van der Waals surface area contributed by atoms with Crippen molar-refractivity contribution in [3.05, 3.63) is 28.8 Å². The van der Waals surface area contributed by atoms with Gasteiger partial charge in [0, 0.05) is 6.54 Å². The summed E-state index contributed by atoms with van der Waals surface area (Å²) in [6.45, 7) is 4.02. The van der Waals surface area contributed by atoms with Crippen LogP contribution in [0.3, 0.4) is 0 Å². The number of halogens is 1. The molecule has 0 spiro atoms. The summed E-state index contributed by atoms with van der Waals surface area (Å²) in [4.78, 5) is 0. The fourth-order valence-electron chi connectivity index (χ4n) is 1.47. The zero-order chi connectivity index (χ0) is 12.0. The van der Waals surface area contributed by atoms with Gasteiger partial charge in [-0.05, 0) is 42.2 Å². The van der Waals surface area contributed by atoms with Crippen LogP contribution in [0.2, 0.25) is 5.02 Å². The van der Waals surface area contributed by atoms with Gasteiger partial charge in [-0.2, -0.15) is 11.8 Å². The number of nitrogens with one attached hydrogen (secondary N) is 1. The fourth-order valence-corrected chi connectivity index (χ4v) is 2.36. The molecular weight excluding hydrogens is 242 g/mol. The molecule has 0 amide bonds. The third-order valence-electron chi connectivity index (χ3n) is 2.29. The Morgan fingerprint density at radius 1 is 1.50 bits per heavy atom. The molecule has 1 rings (SSSR count). The van der Waals surface area contributed by atoms with Crippen molar-refractivity contribution in [1.82, 2.24) is 5.32 Å². The van der Waals surface area contributed by atoms with Gasteiger partial charge >= 0.3 is 0 Å². The number of hydrogen-bond acceptors (Lipinski definition) is 3. The van der Waals surface area contributed by atoms with Gasteiger partial charge in [0.1, 0.15) is 5.75 Å². The summed E-state index contributed by atoms with van der Waals surface area (Å²) in [6, 6.07) is 5.31. The lowest BCUT2D eigenvalue weighted by molar-refractivity contribution is 0.475. The van der Waals surface area contributed by atoms with Crippen molar-refractivity contribution in [2.45, 2.75) is 13.5 Å². The molecule has 1 aromatic rings. The van der Waals surface area contributed by atoms with Crippen molar-refractivity contribution < 1.29 is 5.11 Å². The van der Waals surface area contributed by atoms with Crippen LogP contribution in [0.5, 0.6) is 5.75 Å². The molecule has 0 aliphatic carbocycles. The van der Waals surface area contributed by atoms with E-state index in [2.05, 4.69) is 18.5 Å². The molecule has 90 valence electrons. The molecule has 1 aromatic carbocycles. The highest BCUT2D eigenvalue weighted by molar-refractivity contribution is 7.98. The van der Waals surface area contributed by atoms with Gasteiger partial charge in [-0.1, -0.05) is 24.6 Å². The van der Waals surface area contributed by atoms with E-state index < -0.39 is 0 Å². The summed E-state index contributed by atoms with van der Waals surface area (Å²) >= 11 is 7.69. The molecular formula is C12H18ClNOS. The van der Waals surface area contributed by atoms with E-state index in [0.717, 1.165) is 18.7 Å². The van der Waals surface area contributed by atoms with Crippen molar-refractivity contribution in [1.29, 1.82) is 0 Å². The first-order valence-electron chi connectivity index (χ1n) is 5.30. The Bertz CT molecular complexity index is 333. The number of thioether (sulfide) groups is 1. The van der Waals surface area contributed by atoms with Gasteiger partial charge in [-0.3, -0.25) is 0 Å². The summed E-state index contributed by atoms with van der Waals surface area (Å²) in [6.07, 6.45) is 2.12. The highest BCUT2D eigenvalue weighted by Gasteiger charge is 2.02. The molecule has 0 radical (unpaired) electrons. The molecule has 0 saturated heterocycles. The second-order valence-electron chi connectivity index (χ2n) is 3.98. The van der Waals surface area contributed by atoms with Gasteiger partial charge in [-0.15, -0.1) is 0 Å². The molecule has 16 heavy (non-hydrogen) atoms. The maximum Gasteiger partial charge on any atom is 0.134 e. The van der Waals surface area contributed by atoms with E-state index in [0.29, 0.717) is 10.9 Å². The SMILES string of the molecule is CSCC(C)CNCc1ccc(O)c(Cl)c1. The van der Waals surface area contributed by atoms with Crippen LogP contribution in [0, 0.1) is 5.92 Å². The molecule has 0 heterocycles. The predicted octanol–water partition coefficient (Wildman–Crippen LogP) is 3.13. The Kier molecular flexibility index (Phi) is 6.03. The molecule has 0 aliphatic rings. The van der Waals surface area contributed by atoms with E-state index in [1.54, 1.807) is 12.1 Å². The first-order chi connectivity index (χ1) is 7.63. The van der Waals surface area contributed by atoms with Gasteiger partial charge in [0.15, 0.2) is 0 Å². The Morgan fingerprint density at radius 2 is 2.25 bits per heavy atom. The maximum absolute atomic E-state index is 9.27. The number of benzene rings is 1. The highest BCUT2D eigenvalue weighted by atomic mass is 35.5. The van der Waals surface area contributed by atoms with E-state index in [-0.39, 0.29) is 5.75 Å². The predicted molar refractivity (Wildman–Crippen MR) is 72.4 cm³/mol. The van der Waals surface area contributed by atoms with Crippen LogP contribution in [0.1, 0.15) is 12.5 Å². The Morgan fingerprint density at radius 3 is 2.88 bits per heavy atom. The van der Waals surface area contributed by atoms with Crippen LogP contribution < -0.4 is 5.32 Å². The Labute approximate surface area is 106 Å². The number of rotatable bonds is 6. The van der Waals surface area contributed by atoms with Crippen LogP contribution in [-0.2, 0) is 6.54 Å². The average molecular weight is 260 g/mol. The van der Waals surface area contributed by atoms with Gasteiger partial charge in [0.05, 0.1) is 5.02 Å². The minimum atomic E-state index is 0.140. The van der Waals surface area contributed by atoms with E-state index in [9.17, 15) is 5.11 Å². The van der Waals surface area contributed by atoms with Crippen molar-refractivity contribution in [2.75, 3.05) is 18.6 Å². The van der Waals surface area contributed by atoms with Crippen LogP contribution in [0.15, 0.2) is 18.2 Å². The summed E-state index contributed by atoms with van der Waals surface area (Å²) in [5.41, 5.74) is 1.10. The second kappa shape index (κ2) is 7.05. The van der Waals surface area contributed by atoms with E-state index in [1.165, 1.54) is 5.75 Å². The van der Waals surface area contributed by atoms with E-state index in [4.69, 9.17) is 11.6 Å². The van der Waals surface area contributed by atoms with Crippen LogP contribution in [0.25, 0.3) is 0 Å². The quantitative estimate of drug-likeness (QED) is 0.823. The first-order valence-corrected chi connectivity index (χ1v) is 7.07. The lowest BCUT2D eigenvalue weighted by Crippen LogP contribution is -2.21. The van der Waals surface area contributed by atoms with Crippen molar-refractivity contribution >= 4 is 23.4 Å². The lowest BCUT2D eigenvalue weighted by atomic mass is 10.2. The minimum absolute atomic E-state index is 0.140. The molecule has 0 bridgehead atoms. The maximum atomic E-state index is 9.27. The van der Waals surface area contributed by atoms with E-state index >= 15 is 0 Å². The van der Waals surface area contributed by atoms with Crippen molar-refractivity contribution in [3.8, 4) is 5.75 Å². The third-order valence-corrected chi connectivity index (χ3v) is 3.49. The molecule has 0 aromatic heterocycles. The summed E-state index contributed by atoms with van der Waals surface area (Å²) < 4.78 is 0. The van der Waals surface area contributed by atoms with Crippen molar-refractivity contribution in [2.24, 2.45) is 5.92 Å². The third kappa shape index (κ3) is 4.64. The van der Waals surface area contributed by atoms with Gasteiger partial charge in [0.25, 0.3) is 0 Å². The average Bonchev–Trinajstić information content (AvgIpc) is 2.24. The number of phenols is 1. The number of phenolic OH excluding ortho intramolecular Hbond substituents is 1. The zero-order valence-corrected chi connectivity index (χ0v) is 11.2. The highest BCUT2D eigenvalue weighted by Crippen LogP contribution is 2.23.